The first kappa shape index (κ1) is 10.5. The molecule has 17 heavy (non-hydrogen) atoms. The molecule has 1 fully saturated rings. The minimum atomic E-state index is -0.748. The minimum Gasteiger partial charge on any atom is -0.390 e. The molecule has 0 saturated heterocycles. The standard InChI is InChI=1S/C11H14N4O2/c12-10-6-3-4-15(11(6)14-5-13-10)7-1-2-8(16)9(7)17/h3-5,7-9,16-17H,1-2H2,(H2,12,13,14)/t7-,8-,9+/m1/s1. The molecule has 1 saturated carbocycles. The highest BCUT2D eigenvalue weighted by Gasteiger charge is 2.35. The van der Waals surface area contributed by atoms with Gasteiger partial charge in [-0.3, -0.25) is 0 Å². The van der Waals surface area contributed by atoms with Crippen molar-refractivity contribution >= 4 is 16.9 Å². The lowest BCUT2D eigenvalue weighted by atomic mass is 10.2. The van der Waals surface area contributed by atoms with E-state index in [-0.39, 0.29) is 6.04 Å². The zero-order chi connectivity index (χ0) is 12.0. The minimum absolute atomic E-state index is 0.142. The van der Waals surface area contributed by atoms with Crippen molar-refractivity contribution in [1.82, 2.24) is 14.5 Å². The number of aliphatic hydroxyl groups excluding tert-OH is 2. The van der Waals surface area contributed by atoms with Crippen LogP contribution in [0.25, 0.3) is 11.0 Å². The third kappa shape index (κ3) is 1.49. The third-order valence-electron chi connectivity index (χ3n) is 3.44. The van der Waals surface area contributed by atoms with Gasteiger partial charge in [0.15, 0.2) is 0 Å². The van der Waals surface area contributed by atoms with Gasteiger partial charge in [0.1, 0.15) is 23.9 Å². The number of aromatic nitrogens is 3. The lowest BCUT2D eigenvalue weighted by molar-refractivity contribution is 0.0242. The van der Waals surface area contributed by atoms with Crippen LogP contribution < -0.4 is 5.73 Å². The Bertz CT molecular complexity index is 553. The highest BCUT2D eigenvalue weighted by Crippen LogP contribution is 2.33. The molecule has 2 aromatic heterocycles. The maximum Gasteiger partial charge on any atom is 0.145 e. The van der Waals surface area contributed by atoms with Gasteiger partial charge in [-0.2, -0.15) is 0 Å². The molecule has 3 rings (SSSR count). The van der Waals surface area contributed by atoms with Crippen LogP contribution in [0.4, 0.5) is 5.82 Å². The average Bonchev–Trinajstić information content (AvgIpc) is 2.86. The fourth-order valence-electron chi connectivity index (χ4n) is 2.50. The third-order valence-corrected chi connectivity index (χ3v) is 3.44. The molecule has 0 spiro atoms. The van der Waals surface area contributed by atoms with Crippen molar-refractivity contribution < 1.29 is 10.2 Å². The lowest BCUT2D eigenvalue weighted by Gasteiger charge is -2.18. The second kappa shape index (κ2) is 3.68. The fraction of sp³-hybridized carbons (Fsp3) is 0.455. The number of hydrogen-bond donors (Lipinski definition) is 3. The van der Waals surface area contributed by atoms with Gasteiger partial charge in [0.2, 0.25) is 0 Å². The Kier molecular flexibility index (Phi) is 2.27. The number of anilines is 1. The number of aliphatic hydroxyl groups is 2. The van der Waals surface area contributed by atoms with Gasteiger partial charge >= 0.3 is 0 Å². The first-order valence-corrected chi connectivity index (χ1v) is 5.61. The van der Waals surface area contributed by atoms with Crippen LogP contribution in [0.1, 0.15) is 18.9 Å². The first-order chi connectivity index (χ1) is 8.18. The van der Waals surface area contributed by atoms with E-state index >= 15 is 0 Å². The van der Waals surface area contributed by atoms with Gasteiger partial charge in [-0.25, -0.2) is 9.97 Å². The summed E-state index contributed by atoms with van der Waals surface area (Å²) in [6.45, 7) is 0. The van der Waals surface area contributed by atoms with Crippen molar-refractivity contribution in [2.75, 3.05) is 5.73 Å². The van der Waals surface area contributed by atoms with E-state index in [0.29, 0.717) is 17.9 Å². The van der Waals surface area contributed by atoms with Crippen molar-refractivity contribution in [3.8, 4) is 0 Å². The zero-order valence-corrected chi connectivity index (χ0v) is 9.19. The van der Waals surface area contributed by atoms with Crippen molar-refractivity contribution in [1.29, 1.82) is 0 Å². The number of nitrogen functional groups attached to an aromatic ring is 1. The van der Waals surface area contributed by atoms with Crippen molar-refractivity contribution in [2.24, 2.45) is 0 Å². The molecule has 1 aliphatic carbocycles. The molecular weight excluding hydrogens is 220 g/mol. The zero-order valence-electron chi connectivity index (χ0n) is 9.19. The summed E-state index contributed by atoms with van der Waals surface area (Å²) in [6, 6.07) is 1.69. The van der Waals surface area contributed by atoms with Gasteiger partial charge in [0.25, 0.3) is 0 Å². The van der Waals surface area contributed by atoms with Gasteiger partial charge in [0, 0.05) is 6.20 Å². The molecule has 2 aromatic rings. The first-order valence-electron chi connectivity index (χ1n) is 5.61. The van der Waals surface area contributed by atoms with E-state index < -0.39 is 12.2 Å². The van der Waals surface area contributed by atoms with Gasteiger partial charge in [-0.1, -0.05) is 0 Å². The Labute approximate surface area is 97.7 Å². The molecule has 0 bridgehead atoms. The van der Waals surface area contributed by atoms with Crippen LogP contribution in [0, 0.1) is 0 Å². The molecule has 0 aromatic carbocycles. The number of nitrogens with zero attached hydrogens (tertiary/aromatic N) is 3. The van der Waals surface area contributed by atoms with E-state index in [2.05, 4.69) is 9.97 Å². The molecule has 0 aliphatic heterocycles. The molecule has 3 atom stereocenters. The van der Waals surface area contributed by atoms with Gasteiger partial charge in [-0.05, 0) is 18.9 Å². The summed E-state index contributed by atoms with van der Waals surface area (Å²) in [5.74, 6) is 0.432. The quantitative estimate of drug-likeness (QED) is 0.648. The average molecular weight is 234 g/mol. The molecule has 90 valence electrons. The van der Waals surface area contributed by atoms with Gasteiger partial charge in [-0.15, -0.1) is 0 Å². The van der Waals surface area contributed by atoms with Crippen LogP contribution in [0.2, 0.25) is 0 Å². The largest absolute Gasteiger partial charge is 0.390 e. The van der Waals surface area contributed by atoms with Gasteiger partial charge < -0.3 is 20.5 Å². The SMILES string of the molecule is Nc1ncnc2c1ccn2[C@@H]1CC[C@@H](O)[C@H]1O. The Morgan fingerprint density at radius 2 is 2.12 bits per heavy atom. The van der Waals surface area contributed by atoms with Crippen LogP contribution in [-0.4, -0.2) is 37.0 Å². The normalized spacial score (nSPS) is 28.9. The predicted molar refractivity (Wildman–Crippen MR) is 62.2 cm³/mol. The summed E-state index contributed by atoms with van der Waals surface area (Å²) in [4.78, 5) is 8.11. The summed E-state index contributed by atoms with van der Waals surface area (Å²) in [5, 5.41) is 20.3. The smallest absolute Gasteiger partial charge is 0.145 e. The van der Waals surface area contributed by atoms with Crippen LogP contribution in [0.3, 0.4) is 0 Å². The Morgan fingerprint density at radius 3 is 2.82 bits per heavy atom. The maximum absolute atomic E-state index is 9.91. The van der Waals surface area contributed by atoms with Crippen LogP contribution >= 0.6 is 0 Å². The van der Waals surface area contributed by atoms with E-state index in [1.807, 2.05) is 16.8 Å². The van der Waals surface area contributed by atoms with Crippen LogP contribution in [0.15, 0.2) is 18.6 Å². The van der Waals surface area contributed by atoms with Crippen molar-refractivity contribution in [3.63, 3.8) is 0 Å². The van der Waals surface area contributed by atoms with E-state index in [1.54, 1.807) is 0 Å². The molecule has 0 unspecified atom stereocenters. The molecule has 0 amide bonds. The lowest BCUT2D eigenvalue weighted by Crippen LogP contribution is -2.26. The number of hydrogen-bond acceptors (Lipinski definition) is 5. The topological polar surface area (TPSA) is 97.2 Å². The maximum atomic E-state index is 9.91. The van der Waals surface area contributed by atoms with E-state index in [0.717, 1.165) is 11.8 Å². The summed E-state index contributed by atoms with van der Waals surface area (Å²) < 4.78 is 1.87. The van der Waals surface area contributed by atoms with Crippen LogP contribution in [0.5, 0.6) is 0 Å². The monoisotopic (exact) mass is 234 g/mol. The van der Waals surface area contributed by atoms with Crippen LogP contribution in [-0.2, 0) is 0 Å². The molecular formula is C11H14N4O2. The number of rotatable bonds is 1. The Balaban J connectivity index is 2.10. The molecule has 2 heterocycles. The van der Waals surface area contributed by atoms with E-state index in [4.69, 9.17) is 5.73 Å². The Hall–Kier alpha value is -1.66. The highest BCUT2D eigenvalue weighted by molar-refractivity contribution is 5.86. The van der Waals surface area contributed by atoms with E-state index in [9.17, 15) is 10.2 Å². The second-order valence-electron chi connectivity index (χ2n) is 4.42. The van der Waals surface area contributed by atoms with Gasteiger partial charge in [0.05, 0.1) is 17.5 Å². The molecule has 6 heteroatoms. The Morgan fingerprint density at radius 1 is 1.29 bits per heavy atom. The molecule has 1 aliphatic rings. The summed E-state index contributed by atoms with van der Waals surface area (Å²) in [5.41, 5.74) is 6.46. The molecule has 6 nitrogen and oxygen atoms in total. The van der Waals surface area contributed by atoms with Crippen molar-refractivity contribution in [3.05, 3.63) is 18.6 Å². The number of nitrogens with two attached hydrogens (primary N) is 1. The van der Waals surface area contributed by atoms with E-state index in [1.165, 1.54) is 6.33 Å². The molecule has 4 N–H and O–H groups in total. The highest BCUT2D eigenvalue weighted by atomic mass is 16.3. The predicted octanol–water partition coefficient (Wildman–Crippen LogP) is 0.0702. The molecule has 0 radical (unpaired) electrons. The second-order valence-corrected chi connectivity index (χ2v) is 4.42. The summed E-state index contributed by atoms with van der Waals surface area (Å²) in [6.07, 6.45) is 3.17. The number of fused-ring (bicyclic) bond motifs is 1. The summed E-state index contributed by atoms with van der Waals surface area (Å²) in [7, 11) is 0. The fourth-order valence-corrected chi connectivity index (χ4v) is 2.50. The summed E-state index contributed by atoms with van der Waals surface area (Å²) >= 11 is 0. The van der Waals surface area contributed by atoms with Crippen molar-refractivity contribution in [2.45, 2.75) is 31.1 Å².